The fourth-order valence-corrected chi connectivity index (χ4v) is 3.16. The van der Waals surface area contributed by atoms with Gasteiger partial charge in [0, 0.05) is 10.2 Å². The predicted molar refractivity (Wildman–Crippen MR) is 84.4 cm³/mol. The predicted octanol–water partition coefficient (Wildman–Crippen LogP) is 4.58. The van der Waals surface area contributed by atoms with Crippen LogP contribution in [-0.4, -0.2) is 17.3 Å². The number of aliphatic hydroxyl groups excluding tert-OH is 1. The van der Waals surface area contributed by atoms with Crippen LogP contribution in [0.1, 0.15) is 46.0 Å². The molecular weight excluding hydrogens is 302 g/mol. The van der Waals surface area contributed by atoms with Crippen molar-refractivity contribution in [2.75, 3.05) is 11.9 Å². The van der Waals surface area contributed by atoms with Gasteiger partial charge in [0.15, 0.2) is 0 Å². The molecule has 0 aliphatic heterocycles. The van der Waals surface area contributed by atoms with Gasteiger partial charge in [0.25, 0.3) is 0 Å². The first kappa shape index (κ1) is 14.9. The summed E-state index contributed by atoms with van der Waals surface area (Å²) in [7, 11) is 0. The quantitative estimate of drug-likeness (QED) is 0.797. The molecule has 0 spiro atoms. The zero-order valence-electron chi connectivity index (χ0n) is 11.9. The molecular formula is C16H24BrNO. The van der Waals surface area contributed by atoms with Gasteiger partial charge in [0.2, 0.25) is 0 Å². The van der Waals surface area contributed by atoms with E-state index in [1.54, 1.807) is 0 Å². The molecule has 0 aromatic heterocycles. The van der Waals surface area contributed by atoms with Crippen molar-refractivity contribution in [2.24, 2.45) is 5.41 Å². The van der Waals surface area contributed by atoms with E-state index >= 15 is 0 Å². The minimum atomic E-state index is -0.151. The van der Waals surface area contributed by atoms with Gasteiger partial charge in [-0.2, -0.15) is 0 Å². The number of hydrogen-bond donors (Lipinski definition) is 2. The van der Waals surface area contributed by atoms with Gasteiger partial charge in [-0.25, -0.2) is 0 Å². The average molecular weight is 326 g/mol. The van der Waals surface area contributed by atoms with Crippen molar-refractivity contribution in [1.82, 2.24) is 0 Å². The van der Waals surface area contributed by atoms with Gasteiger partial charge in [-0.1, -0.05) is 36.2 Å². The molecule has 1 unspecified atom stereocenters. The van der Waals surface area contributed by atoms with E-state index in [1.165, 1.54) is 12.8 Å². The summed E-state index contributed by atoms with van der Waals surface area (Å²) >= 11 is 3.45. The number of hydrogen-bond acceptors (Lipinski definition) is 2. The fourth-order valence-electron chi connectivity index (χ4n) is 2.90. The summed E-state index contributed by atoms with van der Waals surface area (Å²) in [5.41, 5.74) is 1.34. The Kier molecular flexibility index (Phi) is 4.57. The minimum absolute atomic E-state index is 0.151. The molecule has 0 radical (unpaired) electrons. The van der Waals surface area contributed by atoms with E-state index < -0.39 is 0 Å². The van der Waals surface area contributed by atoms with Crippen molar-refractivity contribution < 1.29 is 5.11 Å². The van der Waals surface area contributed by atoms with Crippen LogP contribution in [0.15, 0.2) is 28.7 Å². The molecule has 1 aliphatic rings. The van der Waals surface area contributed by atoms with E-state index in [9.17, 15) is 5.11 Å². The second-order valence-corrected chi connectivity index (χ2v) is 7.50. The normalized spacial score (nSPS) is 26.7. The Morgan fingerprint density at radius 1 is 1.11 bits per heavy atom. The second kappa shape index (κ2) is 5.84. The molecule has 0 amide bonds. The average Bonchev–Trinajstić information content (AvgIpc) is 2.52. The maximum Gasteiger partial charge on any atom is 0.0661 e. The zero-order valence-corrected chi connectivity index (χ0v) is 13.5. The van der Waals surface area contributed by atoms with Crippen molar-refractivity contribution in [3.63, 3.8) is 0 Å². The summed E-state index contributed by atoms with van der Waals surface area (Å²) in [4.78, 5) is 0. The lowest BCUT2D eigenvalue weighted by Crippen LogP contribution is -2.41. The highest BCUT2D eigenvalue weighted by Gasteiger charge is 2.35. The highest BCUT2D eigenvalue weighted by molar-refractivity contribution is 9.10. The lowest BCUT2D eigenvalue weighted by molar-refractivity contribution is 0.191. The van der Waals surface area contributed by atoms with Crippen molar-refractivity contribution in [3.8, 4) is 0 Å². The molecule has 1 aromatic carbocycles. The molecule has 106 valence electrons. The van der Waals surface area contributed by atoms with E-state index in [1.807, 2.05) is 12.1 Å². The first-order valence-electron chi connectivity index (χ1n) is 7.09. The van der Waals surface area contributed by atoms with Crippen LogP contribution in [0.5, 0.6) is 0 Å². The first-order valence-corrected chi connectivity index (χ1v) is 7.89. The van der Waals surface area contributed by atoms with Crippen molar-refractivity contribution in [1.29, 1.82) is 0 Å². The third kappa shape index (κ3) is 3.96. The highest BCUT2D eigenvalue weighted by atomic mass is 79.9. The maximum atomic E-state index is 9.88. The summed E-state index contributed by atoms with van der Waals surface area (Å²) in [6.07, 6.45) is 5.67. The summed E-state index contributed by atoms with van der Waals surface area (Å²) in [6, 6.07) is 8.21. The van der Waals surface area contributed by atoms with Gasteiger partial charge in [-0.05, 0) is 55.4 Å². The third-order valence-electron chi connectivity index (χ3n) is 4.35. The molecule has 2 rings (SSSR count). The molecule has 0 saturated heterocycles. The largest absolute Gasteiger partial charge is 0.394 e. The van der Waals surface area contributed by atoms with Gasteiger partial charge in [-0.3, -0.25) is 0 Å². The summed E-state index contributed by atoms with van der Waals surface area (Å²) in [5, 5.41) is 13.5. The van der Waals surface area contributed by atoms with E-state index in [2.05, 4.69) is 47.2 Å². The lowest BCUT2D eigenvalue weighted by Gasteiger charge is -2.34. The molecule has 1 aromatic rings. The Hall–Kier alpha value is -0.540. The summed E-state index contributed by atoms with van der Waals surface area (Å²) < 4.78 is 1.08. The van der Waals surface area contributed by atoms with E-state index in [4.69, 9.17) is 0 Å². The van der Waals surface area contributed by atoms with Crippen LogP contribution in [0, 0.1) is 5.41 Å². The van der Waals surface area contributed by atoms with Crippen LogP contribution in [0.2, 0.25) is 0 Å². The van der Waals surface area contributed by atoms with Gasteiger partial charge in [-0.15, -0.1) is 0 Å². The second-order valence-electron chi connectivity index (χ2n) is 6.59. The third-order valence-corrected chi connectivity index (χ3v) is 4.87. The smallest absolute Gasteiger partial charge is 0.0661 e. The number of rotatable bonds is 3. The Morgan fingerprint density at radius 2 is 1.79 bits per heavy atom. The van der Waals surface area contributed by atoms with Crippen molar-refractivity contribution >= 4 is 21.6 Å². The van der Waals surface area contributed by atoms with Crippen LogP contribution in [-0.2, 0) is 0 Å². The maximum absolute atomic E-state index is 9.88. The van der Waals surface area contributed by atoms with Gasteiger partial charge < -0.3 is 10.4 Å². The molecule has 0 heterocycles. The molecule has 2 N–H and O–H groups in total. The zero-order chi connectivity index (χ0) is 13.9. The van der Waals surface area contributed by atoms with Crippen LogP contribution in [0.4, 0.5) is 5.69 Å². The number of anilines is 1. The van der Waals surface area contributed by atoms with Crippen LogP contribution >= 0.6 is 15.9 Å². The molecule has 3 heteroatoms. The molecule has 2 nitrogen and oxygen atoms in total. The lowest BCUT2D eigenvalue weighted by atomic mass is 9.83. The topological polar surface area (TPSA) is 32.3 Å². The Bertz CT molecular complexity index is 415. The molecule has 1 fully saturated rings. The van der Waals surface area contributed by atoms with E-state index in [0.717, 1.165) is 29.4 Å². The molecule has 1 atom stereocenters. The number of halogens is 1. The van der Waals surface area contributed by atoms with Crippen LogP contribution in [0.25, 0.3) is 0 Å². The summed E-state index contributed by atoms with van der Waals surface area (Å²) in [6.45, 7) is 4.87. The number of benzene rings is 1. The molecule has 19 heavy (non-hydrogen) atoms. The highest BCUT2D eigenvalue weighted by Crippen LogP contribution is 2.39. The van der Waals surface area contributed by atoms with E-state index in [0.29, 0.717) is 5.41 Å². The van der Waals surface area contributed by atoms with Crippen molar-refractivity contribution in [2.45, 2.75) is 51.5 Å². The van der Waals surface area contributed by atoms with Crippen LogP contribution < -0.4 is 5.32 Å². The SMILES string of the molecule is CC1(C)CCCC(CO)(Nc2ccc(Br)cc2)CC1. The Labute approximate surface area is 124 Å². The minimum Gasteiger partial charge on any atom is -0.394 e. The fraction of sp³-hybridized carbons (Fsp3) is 0.625. The van der Waals surface area contributed by atoms with Crippen molar-refractivity contribution in [3.05, 3.63) is 28.7 Å². The standard InChI is InChI=1S/C16H24BrNO/c1-15(2)8-3-9-16(12-19,11-10-15)18-14-6-4-13(17)5-7-14/h4-7,18-19H,3,8-12H2,1-2H3. The molecule has 1 saturated carbocycles. The summed E-state index contributed by atoms with van der Waals surface area (Å²) in [5.74, 6) is 0. The number of nitrogens with one attached hydrogen (secondary N) is 1. The Morgan fingerprint density at radius 3 is 2.42 bits per heavy atom. The monoisotopic (exact) mass is 325 g/mol. The van der Waals surface area contributed by atoms with E-state index in [-0.39, 0.29) is 12.1 Å². The van der Waals surface area contributed by atoms with Gasteiger partial charge >= 0.3 is 0 Å². The molecule has 1 aliphatic carbocycles. The first-order chi connectivity index (χ1) is 8.95. The molecule has 0 bridgehead atoms. The van der Waals surface area contributed by atoms with Gasteiger partial charge in [0.05, 0.1) is 12.1 Å². The number of aliphatic hydroxyl groups is 1. The Balaban J connectivity index is 2.11. The van der Waals surface area contributed by atoms with Gasteiger partial charge in [0.1, 0.15) is 0 Å². The van der Waals surface area contributed by atoms with Crippen LogP contribution in [0.3, 0.4) is 0 Å².